The lowest BCUT2D eigenvalue weighted by Gasteiger charge is -2.06. The Hall–Kier alpha value is -3.18. The number of hydrogen-bond acceptors (Lipinski definition) is 2. The summed E-state index contributed by atoms with van der Waals surface area (Å²) >= 11 is 0. The van der Waals surface area contributed by atoms with Crippen LogP contribution in [0.5, 0.6) is 0 Å². The van der Waals surface area contributed by atoms with Crippen molar-refractivity contribution in [2.24, 2.45) is 9.98 Å². The Morgan fingerprint density at radius 3 is 0.798 bits per heavy atom. The maximum absolute atomic E-state index is 5.27. The van der Waals surface area contributed by atoms with Crippen LogP contribution in [-0.4, -0.2) is 11.9 Å². The molecule has 538 valence electrons. The Kier molecular flexibility index (Phi) is 68.5. The first-order chi connectivity index (χ1) is 46.8. The number of rotatable bonds is 73. The van der Waals surface area contributed by atoms with Gasteiger partial charge in [0.05, 0.1) is 17.6 Å². The molecular formula is C92H160N2. The lowest BCUT2D eigenvalue weighted by molar-refractivity contribution is 0.517. The summed E-state index contributed by atoms with van der Waals surface area (Å²) in [5, 5.41) is 0. The first-order valence-electron chi connectivity index (χ1n) is 42.9. The number of allylic oxidation sites excluding steroid dienone is 4. The van der Waals surface area contributed by atoms with Crippen LogP contribution in [0.3, 0.4) is 0 Å². The molecule has 0 saturated carbocycles. The first-order valence-corrected chi connectivity index (χ1v) is 42.9. The van der Waals surface area contributed by atoms with Crippen LogP contribution >= 0.6 is 0 Å². The van der Waals surface area contributed by atoms with Crippen molar-refractivity contribution in [2.75, 3.05) is 0 Å². The van der Waals surface area contributed by atoms with Crippen molar-refractivity contribution in [3.8, 4) is 11.8 Å². The van der Waals surface area contributed by atoms with Crippen molar-refractivity contribution in [2.45, 2.75) is 464 Å². The number of para-hydroxylation sites is 2. The lowest BCUT2D eigenvalue weighted by atomic mass is 10.0. The molecule has 0 N–H and O–H groups in total. The molecule has 0 heterocycles. The molecular weight excluding hydrogens is 1130 g/mol. The second kappa shape index (κ2) is 74.1. The smallest absolute Gasteiger partial charge is 0.132 e. The molecule has 0 aliphatic carbocycles. The van der Waals surface area contributed by atoms with E-state index >= 15 is 0 Å². The summed E-state index contributed by atoms with van der Waals surface area (Å²) < 4.78 is 0. The maximum Gasteiger partial charge on any atom is 0.132 e. The number of nitrogens with zero attached hydrogens (tertiary/aromatic N) is 2. The van der Waals surface area contributed by atoms with Gasteiger partial charge < -0.3 is 0 Å². The van der Waals surface area contributed by atoms with Gasteiger partial charge >= 0.3 is 0 Å². The lowest BCUT2D eigenvalue weighted by Crippen LogP contribution is -1.97. The Morgan fingerprint density at radius 2 is 0.500 bits per heavy atom. The predicted octanol–water partition coefficient (Wildman–Crippen LogP) is 32.6. The van der Waals surface area contributed by atoms with E-state index in [2.05, 4.69) is 105 Å². The van der Waals surface area contributed by atoms with Crippen LogP contribution in [0.2, 0.25) is 0 Å². The summed E-state index contributed by atoms with van der Waals surface area (Å²) in [7, 11) is 0. The van der Waals surface area contributed by atoms with Gasteiger partial charge in [-0.2, -0.15) is 0 Å². The number of benzene rings is 2. The normalized spacial score (nSPS) is 12.0. The van der Waals surface area contributed by atoms with Crippen molar-refractivity contribution in [3.05, 3.63) is 84.0 Å². The minimum absolute atomic E-state index is 0.776. The van der Waals surface area contributed by atoms with Gasteiger partial charge in [-0.1, -0.05) is 453 Å². The SMILES string of the molecule is CCCCCCCCCCCCCCCCCCCCC=CCCCc1ccccc1N=CC(C#CCCCCCCCCCCCCCCCCCCCCCCCCCC)=Nc1ccccc1CCCC=CCCCCCCCCCCCCCCCCCCCC. The van der Waals surface area contributed by atoms with Gasteiger partial charge in [-0.3, -0.25) is 4.99 Å². The van der Waals surface area contributed by atoms with Crippen molar-refractivity contribution in [1.29, 1.82) is 0 Å². The van der Waals surface area contributed by atoms with Crippen LogP contribution in [0.15, 0.2) is 82.8 Å². The van der Waals surface area contributed by atoms with E-state index in [1.807, 2.05) is 6.21 Å². The van der Waals surface area contributed by atoms with Crippen LogP contribution < -0.4 is 0 Å². The molecule has 94 heavy (non-hydrogen) atoms. The molecule has 0 atom stereocenters. The second-order valence-electron chi connectivity index (χ2n) is 29.5. The van der Waals surface area contributed by atoms with Gasteiger partial charge in [-0.25, -0.2) is 4.99 Å². The Balaban J connectivity index is 1.75. The molecule has 0 aliphatic rings. The van der Waals surface area contributed by atoms with Crippen LogP contribution in [-0.2, 0) is 12.8 Å². The molecule has 2 nitrogen and oxygen atoms in total. The molecule has 0 amide bonds. The molecule has 0 spiro atoms. The van der Waals surface area contributed by atoms with Crippen LogP contribution in [0.1, 0.15) is 462 Å². The van der Waals surface area contributed by atoms with E-state index in [-0.39, 0.29) is 0 Å². The molecule has 2 aromatic carbocycles. The van der Waals surface area contributed by atoms with Crippen molar-refractivity contribution in [3.63, 3.8) is 0 Å². The minimum atomic E-state index is 0.776. The highest BCUT2D eigenvalue weighted by molar-refractivity contribution is 6.39. The van der Waals surface area contributed by atoms with Crippen LogP contribution in [0.4, 0.5) is 11.4 Å². The van der Waals surface area contributed by atoms with Crippen LogP contribution in [0.25, 0.3) is 0 Å². The zero-order valence-electron chi connectivity index (χ0n) is 63.7. The zero-order chi connectivity index (χ0) is 66.7. The summed E-state index contributed by atoms with van der Waals surface area (Å²) in [6.07, 6.45) is 107. The highest BCUT2D eigenvalue weighted by Gasteiger charge is 2.06. The Bertz CT molecular complexity index is 2020. The summed E-state index contributed by atoms with van der Waals surface area (Å²) in [6, 6.07) is 17.5. The van der Waals surface area contributed by atoms with E-state index in [4.69, 9.17) is 9.98 Å². The van der Waals surface area contributed by atoms with E-state index in [0.29, 0.717) is 0 Å². The Labute approximate surface area is 589 Å². The average molecular weight is 1290 g/mol. The molecule has 2 heteroatoms. The molecule has 0 bridgehead atoms. The number of unbranched alkanes of at least 4 members (excludes halogenated alkanes) is 62. The standard InChI is InChI=1S/C92H160N2/c1-4-7-10-13-16-19-22-25-28-31-34-37-40-41-42-45-48-51-54-57-60-63-66-69-72-75-84-90(94-92-86-79-77-83-89(92)81-74-71-68-65-62-59-56-53-50-47-44-39-36-33-30-27-24-21-18-15-12-9-6-3)87-93-91-85-78-76-82-88(91)80-73-70-67-64-61-58-55-52-49-46-43-38-35-32-29-26-23-20-17-14-11-8-5-2/h64-65,67-68,76-79,82-83,85-87H,4-63,66,69-74,80-81H2,1-3H3. The highest BCUT2D eigenvalue weighted by atomic mass is 14.8. The van der Waals surface area contributed by atoms with Crippen molar-refractivity contribution in [1.82, 2.24) is 0 Å². The third-order valence-corrected chi connectivity index (χ3v) is 20.3. The quantitative estimate of drug-likeness (QED) is 0.0273. The number of aryl methyl sites for hydroxylation is 2. The number of hydrogen-bond donors (Lipinski definition) is 0. The topological polar surface area (TPSA) is 24.7 Å². The fraction of sp³-hybridized carbons (Fsp3) is 0.783. The van der Waals surface area contributed by atoms with E-state index in [0.717, 1.165) is 68.5 Å². The molecule has 0 aliphatic heterocycles. The third kappa shape index (κ3) is 61.2. The van der Waals surface area contributed by atoms with Gasteiger partial charge in [-0.05, 0) is 99.8 Å². The maximum atomic E-state index is 5.27. The van der Waals surface area contributed by atoms with E-state index < -0.39 is 0 Å². The van der Waals surface area contributed by atoms with Gasteiger partial charge in [-0.15, -0.1) is 0 Å². The van der Waals surface area contributed by atoms with Crippen molar-refractivity contribution >= 4 is 23.3 Å². The molecule has 0 fully saturated rings. The minimum Gasteiger partial charge on any atom is -0.254 e. The molecule has 2 aromatic rings. The van der Waals surface area contributed by atoms with Gasteiger partial charge in [0.25, 0.3) is 0 Å². The van der Waals surface area contributed by atoms with Gasteiger partial charge in [0.15, 0.2) is 0 Å². The zero-order valence-corrected chi connectivity index (χ0v) is 63.7. The van der Waals surface area contributed by atoms with E-state index in [1.54, 1.807) is 0 Å². The monoisotopic (exact) mass is 1290 g/mol. The van der Waals surface area contributed by atoms with Gasteiger partial charge in [0, 0.05) is 6.42 Å². The second-order valence-corrected chi connectivity index (χ2v) is 29.5. The third-order valence-electron chi connectivity index (χ3n) is 20.3. The summed E-state index contributed by atoms with van der Waals surface area (Å²) in [6.45, 7) is 6.94. The largest absolute Gasteiger partial charge is 0.254 e. The first kappa shape index (κ1) is 86.9. The van der Waals surface area contributed by atoms with Gasteiger partial charge in [0.1, 0.15) is 5.71 Å². The molecule has 0 aromatic heterocycles. The van der Waals surface area contributed by atoms with E-state index in [1.165, 1.54) is 403 Å². The fourth-order valence-corrected chi connectivity index (χ4v) is 14.0. The Morgan fingerprint density at radius 1 is 0.266 bits per heavy atom. The average Bonchev–Trinajstić information content (AvgIpc) is 1.02. The fourth-order valence-electron chi connectivity index (χ4n) is 14.0. The summed E-state index contributed by atoms with van der Waals surface area (Å²) in [4.78, 5) is 10.4. The van der Waals surface area contributed by atoms with E-state index in [9.17, 15) is 0 Å². The molecule has 0 unspecified atom stereocenters. The van der Waals surface area contributed by atoms with Crippen molar-refractivity contribution < 1.29 is 0 Å². The highest BCUT2D eigenvalue weighted by Crippen LogP contribution is 2.25. The predicted molar refractivity (Wildman–Crippen MR) is 428 cm³/mol. The van der Waals surface area contributed by atoms with Crippen LogP contribution in [0, 0.1) is 11.8 Å². The number of aliphatic imine (C=N–C) groups is 2. The molecule has 0 saturated heterocycles. The molecule has 2 rings (SSSR count). The summed E-state index contributed by atoms with van der Waals surface area (Å²) in [5.74, 6) is 7.08. The summed E-state index contributed by atoms with van der Waals surface area (Å²) in [5.41, 5.74) is 5.50. The molecule has 0 radical (unpaired) electrons. The van der Waals surface area contributed by atoms with Gasteiger partial charge in [0.2, 0.25) is 0 Å².